The van der Waals surface area contributed by atoms with Crippen LogP contribution in [-0.2, 0) is 54.3 Å². The summed E-state index contributed by atoms with van der Waals surface area (Å²) >= 11 is 0. The molecule has 4 rings (SSSR count). The highest BCUT2D eigenvalue weighted by molar-refractivity contribution is 6.54. The number of fused-ring (bicyclic) bond motifs is 1. The van der Waals surface area contributed by atoms with Crippen LogP contribution in [0.25, 0.3) is 0 Å². The minimum absolute atomic E-state index is 0.0116. The van der Waals surface area contributed by atoms with Gasteiger partial charge in [0.1, 0.15) is 18.8 Å². The first-order valence-corrected chi connectivity index (χ1v) is 13.6. The van der Waals surface area contributed by atoms with E-state index in [9.17, 15) is 24.0 Å². The summed E-state index contributed by atoms with van der Waals surface area (Å²) in [6.45, 7) is 6.44. The summed E-state index contributed by atoms with van der Waals surface area (Å²) in [5.41, 5.74) is 2.93. The van der Waals surface area contributed by atoms with E-state index in [0.717, 1.165) is 25.0 Å². The predicted molar refractivity (Wildman–Crippen MR) is 150 cm³/mol. The van der Waals surface area contributed by atoms with Gasteiger partial charge in [-0.25, -0.2) is 0 Å². The standard InChI is InChI=1S/C30H33N3O10/c1-16-11-12-23-22(13-16)25(29(38)33(23)14-21-9-7-6-8-10-21)32-43-30-26(31-17(2)34)28(41-20(5)37)27(40-19(4)36)24(42-30)15-39-18(3)35/h6-13,24,26-28,30H,14-15H2,1-5H3,(H,31,34)/b32-25-/t24-,26+,27+,28+,30+/m1/s1. The third kappa shape index (κ3) is 7.55. The fourth-order valence-electron chi connectivity index (χ4n) is 4.92. The normalized spacial score (nSPS) is 23.7. The lowest BCUT2D eigenvalue weighted by Crippen LogP contribution is -2.66. The molecule has 1 fully saturated rings. The van der Waals surface area contributed by atoms with Crippen LogP contribution in [-0.4, -0.2) is 72.7 Å². The average Bonchev–Trinajstić information content (AvgIpc) is 3.18. The summed E-state index contributed by atoms with van der Waals surface area (Å²) in [6, 6.07) is 13.7. The fraction of sp³-hybridized carbons (Fsp3) is 0.400. The highest BCUT2D eigenvalue weighted by Crippen LogP contribution is 2.33. The maximum atomic E-state index is 13.7. The van der Waals surface area contributed by atoms with Crippen molar-refractivity contribution in [2.75, 3.05) is 11.5 Å². The van der Waals surface area contributed by atoms with Crippen molar-refractivity contribution in [3.05, 3.63) is 65.2 Å². The first-order chi connectivity index (χ1) is 20.4. The van der Waals surface area contributed by atoms with Crippen molar-refractivity contribution in [2.24, 2.45) is 5.16 Å². The van der Waals surface area contributed by atoms with Crippen LogP contribution in [0, 0.1) is 6.92 Å². The van der Waals surface area contributed by atoms with Gasteiger partial charge in [0.15, 0.2) is 17.9 Å². The Labute approximate surface area is 248 Å². The van der Waals surface area contributed by atoms with E-state index in [1.165, 1.54) is 13.8 Å². The maximum absolute atomic E-state index is 13.7. The first kappa shape index (κ1) is 31.2. The van der Waals surface area contributed by atoms with Gasteiger partial charge >= 0.3 is 17.9 Å². The molecule has 2 aliphatic rings. The number of carbonyl (C=O) groups excluding carboxylic acids is 5. The summed E-state index contributed by atoms with van der Waals surface area (Å²) in [7, 11) is 0. The van der Waals surface area contributed by atoms with Crippen LogP contribution < -0.4 is 10.2 Å². The molecule has 0 unspecified atom stereocenters. The van der Waals surface area contributed by atoms with Gasteiger partial charge in [-0.15, -0.1) is 0 Å². The van der Waals surface area contributed by atoms with Crippen molar-refractivity contribution >= 4 is 41.1 Å². The van der Waals surface area contributed by atoms with Crippen LogP contribution >= 0.6 is 0 Å². The summed E-state index contributed by atoms with van der Waals surface area (Å²) in [6.07, 6.45) is -5.26. The molecule has 1 saturated heterocycles. The van der Waals surface area contributed by atoms with E-state index in [-0.39, 0.29) is 12.3 Å². The third-order valence-corrected chi connectivity index (χ3v) is 6.65. The number of nitrogens with one attached hydrogen (secondary N) is 1. The largest absolute Gasteiger partial charge is 0.463 e. The molecule has 2 aromatic rings. The van der Waals surface area contributed by atoms with Crippen LogP contribution in [0.15, 0.2) is 53.7 Å². The van der Waals surface area contributed by atoms with Crippen molar-refractivity contribution < 1.29 is 47.8 Å². The summed E-state index contributed by atoms with van der Waals surface area (Å²) in [4.78, 5) is 68.9. The number of esters is 3. The lowest BCUT2D eigenvalue weighted by atomic mass is 9.96. The number of benzene rings is 2. The van der Waals surface area contributed by atoms with Crippen LogP contribution in [0.2, 0.25) is 0 Å². The zero-order chi connectivity index (χ0) is 31.3. The summed E-state index contributed by atoms with van der Waals surface area (Å²) in [5, 5.41) is 6.78. The molecule has 2 aliphatic heterocycles. The maximum Gasteiger partial charge on any atom is 0.303 e. The Balaban J connectivity index is 1.71. The monoisotopic (exact) mass is 595 g/mol. The minimum atomic E-state index is -1.46. The Morgan fingerprint density at radius 3 is 2.23 bits per heavy atom. The molecule has 13 nitrogen and oxygen atoms in total. The number of anilines is 1. The Kier molecular flexibility index (Phi) is 9.76. The second-order valence-corrected chi connectivity index (χ2v) is 10.2. The molecule has 5 atom stereocenters. The van der Waals surface area contributed by atoms with Crippen molar-refractivity contribution in [2.45, 2.75) is 71.8 Å². The Morgan fingerprint density at radius 1 is 0.930 bits per heavy atom. The first-order valence-electron chi connectivity index (χ1n) is 13.6. The molecule has 0 bridgehead atoms. The average molecular weight is 596 g/mol. The zero-order valence-corrected chi connectivity index (χ0v) is 24.4. The van der Waals surface area contributed by atoms with E-state index in [4.69, 9.17) is 23.8 Å². The molecule has 2 aromatic carbocycles. The van der Waals surface area contributed by atoms with Gasteiger partial charge in [0.05, 0.1) is 12.2 Å². The molecule has 2 amide bonds. The predicted octanol–water partition coefficient (Wildman–Crippen LogP) is 1.92. The molecular weight excluding hydrogens is 562 g/mol. The van der Waals surface area contributed by atoms with Crippen LogP contribution in [0.3, 0.4) is 0 Å². The van der Waals surface area contributed by atoms with Crippen molar-refractivity contribution in [3.63, 3.8) is 0 Å². The molecule has 0 aliphatic carbocycles. The van der Waals surface area contributed by atoms with Gasteiger partial charge in [0.2, 0.25) is 5.91 Å². The van der Waals surface area contributed by atoms with Crippen LogP contribution in [0.5, 0.6) is 0 Å². The topological polar surface area (TPSA) is 159 Å². The quantitative estimate of drug-likeness (QED) is 0.258. The number of nitrogens with zero attached hydrogens (tertiary/aromatic N) is 2. The number of amides is 2. The molecule has 0 saturated carbocycles. The van der Waals surface area contributed by atoms with Crippen LogP contribution in [0.4, 0.5) is 5.69 Å². The Hall–Kier alpha value is -4.78. The number of ether oxygens (including phenoxy) is 4. The minimum Gasteiger partial charge on any atom is -0.463 e. The molecule has 13 heteroatoms. The second-order valence-electron chi connectivity index (χ2n) is 10.2. The highest BCUT2D eigenvalue weighted by Gasteiger charge is 2.52. The van der Waals surface area contributed by atoms with Crippen molar-refractivity contribution in [3.8, 4) is 0 Å². The molecule has 2 heterocycles. The third-order valence-electron chi connectivity index (χ3n) is 6.65. The van der Waals surface area contributed by atoms with Gasteiger partial charge in [-0.1, -0.05) is 47.1 Å². The lowest BCUT2D eigenvalue weighted by molar-refractivity contribution is -0.278. The van der Waals surface area contributed by atoms with Gasteiger partial charge in [-0.2, -0.15) is 0 Å². The second kappa shape index (κ2) is 13.5. The van der Waals surface area contributed by atoms with E-state index < -0.39 is 67.0 Å². The molecular formula is C30H33N3O10. The number of aryl methyl sites for hydroxylation is 1. The number of oxime groups is 1. The summed E-state index contributed by atoms with van der Waals surface area (Å²) < 4.78 is 22.0. The SMILES string of the molecule is CC(=O)N[C@@H]1[C@H](O/N=C2\C(=O)N(Cc3ccccc3)c3ccc(C)cc32)O[C@H](COC(C)=O)[C@H](OC(C)=O)[C@H]1OC(C)=O. The van der Waals surface area contributed by atoms with Crippen LogP contribution in [0.1, 0.15) is 44.4 Å². The number of hydrogen-bond acceptors (Lipinski definition) is 11. The smallest absolute Gasteiger partial charge is 0.303 e. The molecule has 1 N–H and O–H groups in total. The lowest BCUT2D eigenvalue weighted by Gasteiger charge is -2.43. The van der Waals surface area contributed by atoms with E-state index >= 15 is 0 Å². The van der Waals surface area contributed by atoms with Gasteiger partial charge in [0, 0.05) is 33.3 Å². The van der Waals surface area contributed by atoms with E-state index in [0.29, 0.717) is 11.3 Å². The molecule has 228 valence electrons. The van der Waals surface area contributed by atoms with Gasteiger partial charge in [-0.05, 0) is 24.6 Å². The van der Waals surface area contributed by atoms with Gasteiger partial charge in [-0.3, -0.25) is 24.0 Å². The van der Waals surface area contributed by atoms with Gasteiger partial charge in [0.25, 0.3) is 12.2 Å². The Morgan fingerprint density at radius 2 is 1.60 bits per heavy atom. The number of rotatable bonds is 9. The van der Waals surface area contributed by atoms with E-state index in [2.05, 4.69) is 10.5 Å². The van der Waals surface area contributed by atoms with Crippen molar-refractivity contribution in [1.82, 2.24) is 5.32 Å². The molecule has 0 spiro atoms. The molecule has 0 aromatic heterocycles. The highest BCUT2D eigenvalue weighted by atomic mass is 16.8. The number of hydrogen-bond donors (Lipinski definition) is 1. The molecule has 0 radical (unpaired) electrons. The van der Waals surface area contributed by atoms with E-state index in [1.807, 2.05) is 49.4 Å². The molecule has 43 heavy (non-hydrogen) atoms. The Bertz CT molecular complexity index is 1430. The fourth-order valence-corrected chi connectivity index (χ4v) is 4.92. The summed E-state index contributed by atoms with van der Waals surface area (Å²) in [5.74, 6) is -3.09. The van der Waals surface area contributed by atoms with Gasteiger partial charge < -0.3 is 34.0 Å². The van der Waals surface area contributed by atoms with E-state index in [1.54, 1.807) is 11.0 Å². The number of carbonyl (C=O) groups is 5. The zero-order valence-electron chi connectivity index (χ0n) is 24.4. The van der Waals surface area contributed by atoms with Crippen molar-refractivity contribution in [1.29, 1.82) is 0 Å².